The van der Waals surface area contributed by atoms with E-state index < -0.39 is 0 Å². The molecule has 16 heavy (non-hydrogen) atoms. The Morgan fingerprint density at radius 3 is 2.69 bits per heavy atom. The van der Waals surface area contributed by atoms with Gasteiger partial charge < -0.3 is 0 Å². The Labute approximate surface area is 109 Å². The van der Waals surface area contributed by atoms with Crippen molar-refractivity contribution >= 4 is 35.0 Å². The van der Waals surface area contributed by atoms with Crippen LogP contribution >= 0.6 is 35.0 Å². The standard InChI is InChI=1S/C12H9Cl2NS/c13-10-5-6-15-12(7-10)16-8-9-3-1-2-4-11(9)14/h1-7H,8H2. The SMILES string of the molecule is Clc1ccnc(SCc2ccccc2Cl)c1. The third-order valence-electron chi connectivity index (χ3n) is 2.03. The van der Waals surface area contributed by atoms with E-state index in [0.29, 0.717) is 5.02 Å². The van der Waals surface area contributed by atoms with Crippen molar-refractivity contribution in [1.82, 2.24) is 4.98 Å². The molecule has 2 aromatic rings. The van der Waals surface area contributed by atoms with Crippen LogP contribution < -0.4 is 0 Å². The molecule has 0 aliphatic carbocycles. The largest absolute Gasteiger partial charge is 0.250 e. The van der Waals surface area contributed by atoms with Gasteiger partial charge in [-0.25, -0.2) is 4.98 Å². The summed E-state index contributed by atoms with van der Waals surface area (Å²) in [5, 5.41) is 2.40. The van der Waals surface area contributed by atoms with E-state index in [9.17, 15) is 0 Å². The third kappa shape index (κ3) is 3.14. The molecule has 82 valence electrons. The quantitative estimate of drug-likeness (QED) is 0.751. The second kappa shape index (κ2) is 5.58. The maximum Gasteiger partial charge on any atom is 0.0977 e. The lowest BCUT2D eigenvalue weighted by atomic mass is 10.2. The molecule has 0 fully saturated rings. The number of aromatic nitrogens is 1. The molecular weight excluding hydrogens is 261 g/mol. The van der Waals surface area contributed by atoms with Gasteiger partial charge in [0.1, 0.15) is 0 Å². The van der Waals surface area contributed by atoms with Crippen LogP contribution in [-0.4, -0.2) is 4.98 Å². The van der Waals surface area contributed by atoms with Gasteiger partial charge in [-0.2, -0.15) is 0 Å². The minimum Gasteiger partial charge on any atom is -0.250 e. The second-order valence-electron chi connectivity index (χ2n) is 3.19. The van der Waals surface area contributed by atoms with Crippen molar-refractivity contribution in [2.24, 2.45) is 0 Å². The molecule has 2 rings (SSSR count). The number of thioether (sulfide) groups is 1. The Balaban J connectivity index is 2.05. The van der Waals surface area contributed by atoms with Crippen molar-refractivity contribution in [2.45, 2.75) is 10.8 Å². The fraction of sp³-hybridized carbons (Fsp3) is 0.0833. The summed E-state index contributed by atoms with van der Waals surface area (Å²) >= 11 is 13.6. The summed E-state index contributed by atoms with van der Waals surface area (Å²) in [5.74, 6) is 0.799. The lowest BCUT2D eigenvalue weighted by molar-refractivity contribution is 1.13. The van der Waals surface area contributed by atoms with Gasteiger partial charge in [0.05, 0.1) is 5.03 Å². The first-order valence-corrected chi connectivity index (χ1v) is 6.47. The normalized spacial score (nSPS) is 10.4. The van der Waals surface area contributed by atoms with Crippen molar-refractivity contribution in [3.8, 4) is 0 Å². The van der Waals surface area contributed by atoms with E-state index in [4.69, 9.17) is 23.2 Å². The van der Waals surface area contributed by atoms with E-state index in [2.05, 4.69) is 4.98 Å². The van der Waals surface area contributed by atoms with E-state index in [0.717, 1.165) is 21.4 Å². The van der Waals surface area contributed by atoms with Crippen molar-refractivity contribution in [2.75, 3.05) is 0 Å². The van der Waals surface area contributed by atoms with Gasteiger partial charge in [0.25, 0.3) is 0 Å². The van der Waals surface area contributed by atoms with Crippen LogP contribution in [0.3, 0.4) is 0 Å². The number of pyridine rings is 1. The molecule has 0 unspecified atom stereocenters. The minimum atomic E-state index is 0.705. The van der Waals surface area contributed by atoms with Crippen LogP contribution in [0.15, 0.2) is 47.6 Å². The number of rotatable bonds is 3. The zero-order valence-corrected chi connectivity index (χ0v) is 10.7. The summed E-state index contributed by atoms with van der Waals surface area (Å²) < 4.78 is 0. The van der Waals surface area contributed by atoms with Gasteiger partial charge in [-0.3, -0.25) is 0 Å². The highest BCUT2D eigenvalue weighted by molar-refractivity contribution is 7.98. The van der Waals surface area contributed by atoms with Crippen LogP contribution in [0.1, 0.15) is 5.56 Å². The van der Waals surface area contributed by atoms with Gasteiger partial charge >= 0.3 is 0 Å². The molecular formula is C12H9Cl2NS. The van der Waals surface area contributed by atoms with Gasteiger partial charge in [-0.15, -0.1) is 11.8 Å². The van der Waals surface area contributed by atoms with E-state index >= 15 is 0 Å². The molecule has 0 aliphatic rings. The van der Waals surface area contributed by atoms with Crippen LogP contribution in [0.2, 0.25) is 10.0 Å². The molecule has 1 heterocycles. The van der Waals surface area contributed by atoms with Crippen LogP contribution in [0.4, 0.5) is 0 Å². The monoisotopic (exact) mass is 269 g/mol. The molecule has 1 aromatic carbocycles. The van der Waals surface area contributed by atoms with Crippen LogP contribution in [-0.2, 0) is 5.75 Å². The third-order valence-corrected chi connectivity index (χ3v) is 3.61. The Bertz CT molecular complexity index is 488. The van der Waals surface area contributed by atoms with Crippen molar-refractivity contribution in [3.05, 3.63) is 58.2 Å². The average Bonchev–Trinajstić information content (AvgIpc) is 2.28. The second-order valence-corrected chi connectivity index (χ2v) is 5.03. The predicted molar refractivity (Wildman–Crippen MR) is 70.3 cm³/mol. The fourth-order valence-electron chi connectivity index (χ4n) is 1.23. The van der Waals surface area contributed by atoms with Crippen molar-refractivity contribution < 1.29 is 0 Å². The van der Waals surface area contributed by atoms with Crippen molar-refractivity contribution in [3.63, 3.8) is 0 Å². The highest BCUT2D eigenvalue weighted by Gasteiger charge is 2.01. The summed E-state index contributed by atoms with van der Waals surface area (Å²) in [4.78, 5) is 4.22. The molecule has 0 aliphatic heterocycles. The van der Waals surface area contributed by atoms with Crippen LogP contribution in [0.5, 0.6) is 0 Å². The lowest BCUT2D eigenvalue weighted by Crippen LogP contribution is -1.84. The van der Waals surface area contributed by atoms with Gasteiger partial charge in [-0.1, -0.05) is 41.4 Å². The molecule has 1 aromatic heterocycles. The van der Waals surface area contributed by atoms with Crippen LogP contribution in [0, 0.1) is 0 Å². The van der Waals surface area contributed by atoms with Crippen LogP contribution in [0.25, 0.3) is 0 Å². The highest BCUT2D eigenvalue weighted by atomic mass is 35.5. The van der Waals surface area contributed by atoms with Gasteiger partial charge in [0, 0.05) is 22.0 Å². The fourth-order valence-corrected chi connectivity index (χ4v) is 2.64. The van der Waals surface area contributed by atoms with Gasteiger partial charge in [-0.05, 0) is 23.8 Å². The lowest BCUT2D eigenvalue weighted by Gasteiger charge is -2.03. The molecule has 0 saturated carbocycles. The van der Waals surface area contributed by atoms with E-state index in [-0.39, 0.29) is 0 Å². The molecule has 0 saturated heterocycles. The number of halogens is 2. The number of hydrogen-bond acceptors (Lipinski definition) is 2. The number of benzene rings is 1. The molecule has 1 nitrogen and oxygen atoms in total. The van der Waals surface area contributed by atoms with E-state index in [1.807, 2.05) is 30.3 Å². The first kappa shape index (κ1) is 11.8. The maximum atomic E-state index is 6.06. The topological polar surface area (TPSA) is 12.9 Å². The molecule has 0 amide bonds. The summed E-state index contributed by atoms with van der Waals surface area (Å²) in [6.07, 6.45) is 1.71. The summed E-state index contributed by atoms with van der Waals surface area (Å²) in [6, 6.07) is 11.4. The highest BCUT2D eigenvalue weighted by Crippen LogP contribution is 2.26. The summed E-state index contributed by atoms with van der Waals surface area (Å²) in [7, 11) is 0. The molecule has 0 radical (unpaired) electrons. The average molecular weight is 270 g/mol. The Kier molecular flexibility index (Phi) is 4.10. The first-order chi connectivity index (χ1) is 7.75. The molecule has 4 heteroatoms. The summed E-state index contributed by atoms with van der Waals surface area (Å²) in [5.41, 5.74) is 1.11. The number of hydrogen-bond donors (Lipinski definition) is 0. The molecule has 0 N–H and O–H groups in total. The Morgan fingerprint density at radius 2 is 1.94 bits per heavy atom. The van der Waals surface area contributed by atoms with Gasteiger partial charge in [0.2, 0.25) is 0 Å². The van der Waals surface area contributed by atoms with Gasteiger partial charge in [0.15, 0.2) is 0 Å². The Hall–Kier alpha value is -0.700. The van der Waals surface area contributed by atoms with E-state index in [1.54, 1.807) is 24.0 Å². The molecule has 0 bridgehead atoms. The zero-order valence-electron chi connectivity index (χ0n) is 8.36. The predicted octanol–water partition coefficient (Wildman–Crippen LogP) is 4.68. The molecule has 0 atom stereocenters. The molecule has 0 spiro atoms. The first-order valence-electron chi connectivity index (χ1n) is 4.73. The smallest absolute Gasteiger partial charge is 0.0977 e. The Morgan fingerprint density at radius 1 is 1.12 bits per heavy atom. The minimum absolute atomic E-state index is 0.705. The van der Waals surface area contributed by atoms with E-state index in [1.165, 1.54) is 0 Å². The summed E-state index contributed by atoms with van der Waals surface area (Å²) in [6.45, 7) is 0. The zero-order chi connectivity index (χ0) is 11.4. The number of nitrogens with zero attached hydrogens (tertiary/aromatic N) is 1. The van der Waals surface area contributed by atoms with Crippen molar-refractivity contribution in [1.29, 1.82) is 0 Å². The maximum absolute atomic E-state index is 6.06.